The first-order valence-corrected chi connectivity index (χ1v) is 9.85. The quantitative estimate of drug-likeness (QED) is 0.329. The first-order valence-electron chi connectivity index (χ1n) is 6.62. The predicted molar refractivity (Wildman–Crippen MR) is 113 cm³/mol. The summed E-state index contributed by atoms with van der Waals surface area (Å²) in [5, 5.41) is 18.3. The van der Waals surface area contributed by atoms with Gasteiger partial charge in [0.25, 0.3) is 0 Å². The van der Waals surface area contributed by atoms with Gasteiger partial charge in [-0.2, -0.15) is 0 Å². The highest BCUT2D eigenvalue weighted by Crippen LogP contribution is 2.48. The summed E-state index contributed by atoms with van der Waals surface area (Å²) in [6.45, 7) is 0. The fourth-order valence-corrected chi connectivity index (χ4v) is 5.92. The van der Waals surface area contributed by atoms with E-state index < -0.39 is 12.0 Å². The van der Waals surface area contributed by atoms with Crippen LogP contribution in [-0.4, -0.2) is 23.7 Å². The molecule has 0 bridgehead atoms. The molecule has 1 atom stereocenters. The number of carboxylic acids is 1. The number of nitrogens with two attached hydrogens (primary N) is 1. The van der Waals surface area contributed by atoms with Crippen LogP contribution in [0, 0.1) is 0 Å². The van der Waals surface area contributed by atoms with Crippen molar-refractivity contribution >= 4 is 73.7 Å². The number of carboxylic acid groups (broad SMARTS) is 1. The number of ether oxygens (including phenoxy) is 1. The van der Waals surface area contributed by atoms with Gasteiger partial charge in [-0.3, -0.25) is 4.79 Å². The first-order chi connectivity index (χ1) is 10.7. The van der Waals surface area contributed by atoms with Gasteiger partial charge < -0.3 is 20.7 Å². The van der Waals surface area contributed by atoms with Crippen molar-refractivity contribution in [1.82, 2.24) is 0 Å². The fraction of sp³-hybridized carbons (Fsp3) is 0.267. The van der Waals surface area contributed by atoms with Gasteiger partial charge in [0.15, 0.2) is 0 Å². The molecule has 0 amide bonds. The lowest BCUT2D eigenvalue weighted by atomic mass is 9.97. The molecular formula is C15H14I3NO4. The Bertz CT molecular complexity index is 668. The van der Waals surface area contributed by atoms with Gasteiger partial charge in [0, 0.05) is 0 Å². The van der Waals surface area contributed by atoms with Crippen LogP contribution in [0.15, 0.2) is 45.3 Å². The Morgan fingerprint density at radius 2 is 1.96 bits per heavy atom. The van der Waals surface area contributed by atoms with E-state index in [1.54, 1.807) is 24.3 Å². The summed E-state index contributed by atoms with van der Waals surface area (Å²) in [7, 11) is 0. The van der Waals surface area contributed by atoms with Crippen molar-refractivity contribution in [3.05, 3.63) is 45.3 Å². The zero-order chi connectivity index (χ0) is 17.2. The third-order valence-corrected chi connectivity index (χ3v) is 5.73. The van der Waals surface area contributed by atoms with Crippen LogP contribution in [0.5, 0.6) is 11.5 Å². The summed E-state index contributed by atoms with van der Waals surface area (Å²) in [6, 6.07) is 5.65. The summed E-state index contributed by atoms with van der Waals surface area (Å²) >= 11 is 6.79. The molecule has 5 nitrogen and oxygen atoms in total. The molecule has 0 heterocycles. The molecule has 0 saturated heterocycles. The van der Waals surface area contributed by atoms with Crippen molar-refractivity contribution in [2.75, 3.05) is 0 Å². The van der Waals surface area contributed by atoms with E-state index in [9.17, 15) is 9.90 Å². The van der Waals surface area contributed by atoms with Gasteiger partial charge >= 0.3 is 5.97 Å². The number of benzene rings is 1. The lowest BCUT2D eigenvalue weighted by molar-refractivity contribution is -0.138. The van der Waals surface area contributed by atoms with Crippen LogP contribution in [0.2, 0.25) is 0 Å². The average molecular weight is 653 g/mol. The molecule has 2 rings (SSSR count). The van der Waals surface area contributed by atoms with Crippen molar-refractivity contribution in [3.63, 3.8) is 0 Å². The van der Waals surface area contributed by atoms with Gasteiger partial charge in [-0.15, -0.1) is 0 Å². The van der Waals surface area contributed by atoms with Crippen molar-refractivity contribution in [1.29, 1.82) is 0 Å². The van der Waals surface area contributed by atoms with Crippen LogP contribution in [0.25, 0.3) is 0 Å². The molecule has 1 aliphatic carbocycles. The smallest absolute Gasteiger partial charge is 0.320 e. The van der Waals surface area contributed by atoms with Gasteiger partial charge in [-0.05, 0) is 65.8 Å². The van der Waals surface area contributed by atoms with Crippen LogP contribution in [-0.2, 0) is 4.79 Å². The Morgan fingerprint density at radius 1 is 1.35 bits per heavy atom. The molecule has 23 heavy (non-hydrogen) atoms. The summed E-state index contributed by atoms with van der Waals surface area (Å²) in [5.74, 6) is 0.634. The predicted octanol–water partition coefficient (Wildman–Crippen LogP) is 4.12. The number of rotatable bonds is 5. The maximum absolute atomic E-state index is 10.9. The Labute approximate surface area is 174 Å². The number of aromatic hydroxyl groups is 1. The monoisotopic (exact) mass is 653 g/mol. The maximum Gasteiger partial charge on any atom is 0.320 e. The number of alkyl halides is 2. The van der Waals surface area contributed by atoms with Gasteiger partial charge in [0.2, 0.25) is 0 Å². The van der Waals surface area contributed by atoms with E-state index in [2.05, 4.69) is 67.8 Å². The Morgan fingerprint density at radius 3 is 2.48 bits per heavy atom. The van der Waals surface area contributed by atoms with Crippen LogP contribution in [0.3, 0.4) is 0 Å². The third kappa shape index (κ3) is 5.19. The molecule has 0 spiro atoms. The molecule has 0 fully saturated rings. The average Bonchev–Trinajstić information content (AvgIpc) is 2.44. The summed E-state index contributed by atoms with van der Waals surface area (Å²) in [4.78, 5) is 10.9. The molecule has 1 aromatic rings. The topological polar surface area (TPSA) is 92.8 Å². The number of hydrogen-bond donors (Lipinski definition) is 3. The van der Waals surface area contributed by atoms with Crippen molar-refractivity contribution in [3.8, 4) is 11.5 Å². The maximum atomic E-state index is 10.9. The van der Waals surface area contributed by atoms with Crippen LogP contribution in [0.4, 0.5) is 0 Å². The molecule has 8 heteroatoms. The van der Waals surface area contributed by atoms with Crippen molar-refractivity contribution in [2.24, 2.45) is 5.73 Å². The SMILES string of the molecule is NC(CC1=CC(I)=C(Oc2ccc(O)cc2)C(I)(I)C1)C(=O)O. The zero-order valence-corrected chi connectivity index (χ0v) is 18.3. The molecular weight excluding hydrogens is 639 g/mol. The largest absolute Gasteiger partial charge is 0.508 e. The Balaban J connectivity index is 2.25. The van der Waals surface area contributed by atoms with Crippen molar-refractivity contribution < 1.29 is 19.7 Å². The van der Waals surface area contributed by atoms with Crippen LogP contribution in [0.1, 0.15) is 12.8 Å². The van der Waals surface area contributed by atoms with Crippen molar-refractivity contribution in [2.45, 2.75) is 20.3 Å². The molecule has 1 unspecified atom stereocenters. The molecule has 1 aromatic carbocycles. The van der Waals surface area contributed by atoms with E-state index >= 15 is 0 Å². The molecule has 124 valence electrons. The summed E-state index contributed by atoms with van der Waals surface area (Å²) in [5.41, 5.74) is 6.63. The van der Waals surface area contributed by atoms with E-state index in [1.165, 1.54) is 0 Å². The number of hydrogen-bond acceptors (Lipinski definition) is 4. The zero-order valence-electron chi connectivity index (χ0n) is 11.8. The highest BCUT2D eigenvalue weighted by atomic mass is 127. The van der Waals surface area contributed by atoms with E-state index in [1.807, 2.05) is 6.08 Å². The second-order valence-electron chi connectivity index (χ2n) is 5.11. The minimum absolute atomic E-state index is 0.185. The summed E-state index contributed by atoms with van der Waals surface area (Å²) < 4.78 is 6.58. The highest BCUT2D eigenvalue weighted by molar-refractivity contribution is 14.2. The van der Waals surface area contributed by atoms with Gasteiger partial charge in [-0.1, -0.05) is 50.8 Å². The third-order valence-electron chi connectivity index (χ3n) is 3.18. The normalized spacial score (nSPS) is 18.3. The lowest BCUT2D eigenvalue weighted by Gasteiger charge is -2.30. The summed E-state index contributed by atoms with van der Waals surface area (Å²) in [6.07, 6.45) is 2.92. The number of carbonyl (C=O) groups is 1. The molecule has 4 N–H and O–H groups in total. The van der Waals surface area contributed by atoms with Gasteiger partial charge in [0.1, 0.15) is 24.7 Å². The Kier molecular flexibility index (Phi) is 6.58. The molecule has 0 saturated carbocycles. The number of halogens is 3. The minimum Gasteiger partial charge on any atom is -0.508 e. The van der Waals surface area contributed by atoms with Gasteiger partial charge in [-0.25, -0.2) is 0 Å². The highest BCUT2D eigenvalue weighted by Gasteiger charge is 2.37. The molecule has 1 aliphatic rings. The number of phenolic OH excluding ortho intramolecular Hbond substituents is 1. The van der Waals surface area contributed by atoms with E-state index in [-0.39, 0.29) is 7.18 Å². The van der Waals surface area contributed by atoms with Crippen LogP contribution < -0.4 is 10.5 Å². The van der Waals surface area contributed by atoms with E-state index in [0.29, 0.717) is 18.6 Å². The van der Waals surface area contributed by atoms with Crippen LogP contribution >= 0.6 is 67.8 Å². The van der Waals surface area contributed by atoms with E-state index in [4.69, 9.17) is 15.6 Å². The van der Waals surface area contributed by atoms with E-state index in [0.717, 1.165) is 14.9 Å². The second-order valence-corrected chi connectivity index (χ2v) is 12.0. The van der Waals surface area contributed by atoms with Gasteiger partial charge in [0.05, 0.1) is 3.58 Å². The minimum atomic E-state index is -0.997. The molecule has 0 aliphatic heterocycles. The number of aliphatic carboxylic acids is 1. The molecule has 0 radical (unpaired) electrons. The fourth-order valence-electron chi connectivity index (χ4n) is 2.09. The number of allylic oxidation sites excluding steroid dienone is 3. The second kappa shape index (κ2) is 7.87. The number of phenols is 1. The Hall–Kier alpha value is -0.0800. The first kappa shape index (κ1) is 19.2. The lowest BCUT2D eigenvalue weighted by Crippen LogP contribution is -2.32. The molecule has 0 aromatic heterocycles. The standard InChI is InChI=1S/C15H14I3NO4/c16-11-5-8(6-12(19)14(21)22)7-15(17,18)13(11)23-10-3-1-9(20)2-4-10/h1-5,12,20H,6-7,19H2,(H,21,22).